The first kappa shape index (κ1) is 14.0. The molecule has 0 bridgehead atoms. The smallest absolute Gasteiger partial charge is 0.267 e. The van der Waals surface area contributed by atoms with Crippen LogP contribution in [0.3, 0.4) is 0 Å². The Labute approximate surface area is 123 Å². The van der Waals surface area contributed by atoms with Crippen molar-refractivity contribution in [3.8, 4) is 0 Å². The minimum atomic E-state index is -0.0663. The van der Waals surface area contributed by atoms with Crippen LogP contribution in [-0.4, -0.2) is 34.4 Å². The van der Waals surface area contributed by atoms with Gasteiger partial charge in [-0.25, -0.2) is 4.68 Å². The number of hydrogen-bond acceptors (Lipinski definition) is 4. The average Bonchev–Trinajstić information content (AvgIpc) is 2.52. The molecule has 0 saturated carbocycles. The normalized spacial score (nSPS) is 19.6. The van der Waals surface area contributed by atoms with Gasteiger partial charge in [0.05, 0.1) is 25.1 Å². The van der Waals surface area contributed by atoms with E-state index < -0.39 is 0 Å². The number of morpholine rings is 1. The first-order valence-corrected chi connectivity index (χ1v) is 7.16. The Morgan fingerprint density at radius 1 is 1.24 bits per heavy atom. The van der Waals surface area contributed by atoms with Crippen molar-refractivity contribution in [1.29, 1.82) is 0 Å². The van der Waals surface area contributed by atoms with Gasteiger partial charge in [0.15, 0.2) is 0 Å². The van der Waals surface area contributed by atoms with Gasteiger partial charge in [-0.05, 0) is 18.6 Å². The second kappa shape index (κ2) is 6.20. The summed E-state index contributed by atoms with van der Waals surface area (Å²) >= 11 is 0. The lowest BCUT2D eigenvalue weighted by Crippen LogP contribution is -2.42. The summed E-state index contributed by atoms with van der Waals surface area (Å²) in [5.74, 6) is 0. The molecule has 1 atom stereocenters. The fourth-order valence-electron chi connectivity index (χ4n) is 2.54. The van der Waals surface area contributed by atoms with Crippen LogP contribution in [0.1, 0.15) is 17.4 Å². The molecule has 110 valence electrons. The number of hydrogen-bond donors (Lipinski definition) is 0. The minimum Gasteiger partial charge on any atom is -0.371 e. The van der Waals surface area contributed by atoms with Crippen LogP contribution in [0.5, 0.6) is 0 Å². The van der Waals surface area contributed by atoms with Crippen LogP contribution in [0, 0.1) is 6.92 Å². The van der Waals surface area contributed by atoms with Gasteiger partial charge in [-0.15, -0.1) is 0 Å². The van der Waals surface area contributed by atoms with Crippen LogP contribution in [0.2, 0.25) is 0 Å². The van der Waals surface area contributed by atoms with E-state index in [4.69, 9.17) is 4.74 Å². The van der Waals surface area contributed by atoms with E-state index in [9.17, 15) is 4.79 Å². The SMILES string of the molecule is Cc1ccc(=O)n(CN2CCO[C@@H](c3ccccc3)C2)n1. The summed E-state index contributed by atoms with van der Waals surface area (Å²) in [4.78, 5) is 14.0. The van der Waals surface area contributed by atoms with Gasteiger partial charge in [-0.2, -0.15) is 5.10 Å². The monoisotopic (exact) mass is 285 g/mol. The lowest BCUT2D eigenvalue weighted by molar-refractivity contribution is -0.0422. The van der Waals surface area contributed by atoms with Crippen molar-refractivity contribution in [2.24, 2.45) is 0 Å². The zero-order chi connectivity index (χ0) is 14.7. The molecule has 3 rings (SSSR count). The van der Waals surface area contributed by atoms with Gasteiger partial charge in [0.1, 0.15) is 0 Å². The molecule has 0 amide bonds. The number of rotatable bonds is 3. The Hall–Kier alpha value is -1.98. The van der Waals surface area contributed by atoms with Crippen molar-refractivity contribution in [3.63, 3.8) is 0 Å². The van der Waals surface area contributed by atoms with Gasteiger partial charge in [0.25, 0.3) is 5.56 Å². The largest absolute Gasteiger partial charge is 0.371 e. The topological polar surface area (TPSA) is 47.4 Å². The molecule has 1 aromatic carbocycles. The molecule has 5 heteroatoms. The van der Waals surface area contributed by atoms with Gasteiger partial charge in [-0.1, -0.05) is 30.3 Å². The maximum absolute atomic E-state index is 11.8. The molecule has 0 spiro atoms. The quantitative estimate of drug-likeness (QED) is 0.859. The number of aromatic nitrogens is 2. The van der Waals surface area contributed by atoms with Crippen molar-refractivity contribution < 1.29 is 4.74 Å². The van der Waals surface area contributed by atoms with Crippen LogP contribution < -0.4 is 5.56 Å². The summed E-state index contributed by atoms with van der Waals surface area (Å²) in [5.41, 5.74) is 1.96. The van der Waals surface area contributed by atoms with Crippen LogP contribution >= 0.6 is 0 Å². The zero-order valence-corrected chi connectivity index (χ0v) is 12.1. The molecule has 1 fully saturated rings. The fourth-order valence-corrected chi connectivity index (χ4v) is 2.54. The lowest BCUT2D eigenvalue weighted by atomic mass is 10.1. The Morgan fingerprint density at radius 3 is 2.86 bits per heavy atom. The second-order valence-corrected chi connectivity index (χ2v) is 5.30. The van der Waals surface area contributed by atoms with E-state index in [1.807, 2.05) is 25.1 Å². The van der Waals surface area contributed by atoms with Gasteiger partial charge in [0, 0.05) is 19.2 Å². The highest BCUT2D eigenvalue weighted by molar-refractivity contribution is 5.18. The molecule has 1 aliphatic rings. The van der Waals surface area contributed by atoms with Crippen molar-refractivity contribution in [1.82, 2.24) is 14.7 Å². The van der Waals surface area contributed by atoms with Crippen molar-refractivity contribution >= 4 is 0 Å². The van der Waals surface area contributed by atoms with Crippen molar-refractivity contribution in [3.05, 3.63) is 64.1 Å². The van der Waals surface area contributed by atoms with Crippen LogP contribution in [0.25, 0.3) is 0 Å². The number of ether oxygens (including phenoxy) is 1. The highest BCUT2D eigenvalue weighted by atomic mass is 16.5. The maximum atomic E-state index is 11.8. The predicted molar refractivity (Wildman–Crippen MR) is 79.9 cm³/mol. The molecule has 21 heavy (non-hydrogen) atoms. The highest BCUT2D eigenvalue weighted by Gasteiger charge is 2.22. The molecular weight excluding hydrogens is 266 g/mol. The molecule has 5 nitrogen and oxygen atoms in total. The Kier molecular flexibility index (Phi) is 4.13. The van der Waals surface area contributed by atoms with Crippen LogP contribution in [0.15, 0.2) is 47.3 Å². The average molecular weight is 285 g/mol. The molecule has 1 aliphatic heterocycles. The standard InChI is InChI=1S/C16H19N3O2/c1-13-7-8-16(20)19(17-13)12-18-9-10-21-15(11-18)14-5-3-2-4-6-14/h2-8,15H,9-12H2,1H3/t15-/m1/s1. The summed E-state index contributed by atoms with van der Waals surface area (Å²) in [6, 6.07) is 13.5. The minimum absolute atomic E-state index is 0.0560. The summed E-state index contributed by atoms with van der Waals surface area (Å²) in [6.45, 7) is 4.65. The van der Waals surface area contributed by atoms with Crippen molar-refractivity contribution in [2.45, 2.75) is 19.7 Å². The van der Waals surface area contributed by atoms with Crippen molar-refractivity contribution in [2.75, 3.05) is 19.7 Å². The molecule has 1 saturated heterocycles. The first-order chi connectivity index (χ1) is 10.2. The van der Waals surface area contributed by atoms with E-state index in [-0.39, 0.29) is 11.7 Å². The summed E-state index contributed by atoms with van der Waals surface area (Å²) in [5, 5.41) is 4.29. The fraction of sp³-hybridized carbons (Fsp3) is 0.375. The highest BCUT2D eigenvalue weighted by Crippen LogP contribution is 2.21. The van der Waals surface area contributed by atoms with E-state index in [1.54, 1.807) is 12.1 Å². The Morgan fingerprint density at radius 2 is 2.05 bits per heavy atom. The number of aryl methyl sites for hydroxylation is 1. The molecule has 2 heterocycles. The lowest BCUT2D eigenvalue weighted by Gasteiger charge is -2.33. The van der Waals surface area contributed by atoms with Gasteiger partial charge in [-0.3, -0.25) is 9.69 Å². The molecule has 0 N–H and O–H groups in total. The summed E-state index contributed by atoms with van der Waals surface area (Å²) < 4.78 is 7.35. The Bertz CT molecular complexity index is 654. The summed E-state index contributed by atoms with van der Waals surface area (Å²) in [7, 11) is 0. The first-order valence-electron chi connectivity index (χ1n) is 7.16. The molecule has 0 aliphatic carbocycles. The molecular formula is C16H19N3O2. The zero-order valence-electron chi connectivity index (χ0n) is 12.1. The predicted octanol–water partition coefficient (Wildman–Crippen LogP) is 1.58. The van der Waals surface area contributed by atoms with Gasteiger partial charge in [0.2, 0.25) is 0 Å². The maximum Gasteiger partial charge on any atom is 0.267 e. The van der Waals surface area contributed by atoms with E-state index in [1.165, 1.54) is 10.2 Å². The molecule has 0 unspecified atom stereocenters. The van der Waals surface area contributed by atoms with Crippen LogP contribution in [-0.2, 0) is 11.4 Å². The van der Waals surface area contributed by atoms with Gasteiger partial charge >= 0.3 is 0 Å². The molecule has 1 aromatic heterocycles. The van der Waals surface area contributed by atoms with Gasteiger partial charge < -0.3 is 4.74 Å². The molecule has 2 aromatic rings. The van der Waals surface area contributed by atoms with Crippen LogP contribution in [0.4, 0.5) is 0 Å². The molecule has 0 radical (unpaired) electrons. The van der Waals surface area contributed by atoms with E-state index in [0.29, 0.717) is 13.3 Å². The third-order valence-corrected chi connectivity index (χ3v) is 3.66. The van der Waals surface area contributed by atoms with E-state index in [2.05, 4.69) is 22.1 Å². The van der Waals surface area contributed by atoms with E-state index >= 15 is 0 Å². The number of benzene rings is 1. The Balaban J connectivity index is 1.72. The third kappa shape index (κ3) is 3.37. The van der Waals surface area contributed by atoms with E-state index in [0.717, 1.165) is 18.8 Å². The second-order valence-electron chi connectivity index (χ2n) is 5.30. The number of nitrogens with zero attached hydrogens (tertiary/aromatic N) is 3. The summed E-state index contributed by atoms with van der Waals surface area (Å²) in [6.07, 6.45) is 0.0560. The third-order valence-electron chi connectivity index (χ3n) is 3.66.